The summed E-state index contributed by atoms with van der Waals surface area (Å²) < 4.78 is 51.0. The van der Waals surface area contributed by atoms with Crippen molar-refractivity contribution in [1.82, 2.24) is 4.72 Å². The van der Waals surface area contributed by atoms with Gasteiger partial charge in [-0.25, -0.2) is 17.5 Å². The van der Waals surface area contributed by atoms with E-state index in [-0.39, 0.29) is 23.8 Å². The zero-order chi connectivity index (χ0) is 18.4. The van der Waals surface area contributed by atoms with Crippen LogP contribution in [0, 0.1) is 5.82 Å². The molecule has 0 spiro atoms. The Kier molecular flexibility index (Phi) is 6.35. The van der Waals surface area contributed by atoms with Crippen LogP contribution in [0.25, 0.3) is 0 Å². The van der Waals surface area contributed by atoms with Crippen molar-refractivity contribution in [2.45, 2.75) is 18.2 Å². The smallest absolute Gasteiger partial charge is 0.240 e. The number of benzene rings is 2. The standard InChI is InChI=1S/C17H20FNO5S/c1-3-12-4-6-16(17(10-12)23-2)24-15-7-5-13(11-14(15)18)25(21,22)19-8-9-20/h4-7,10-11,19-20H,3,8-9H2,1-2H3. The van der Waals surface area contributed by atoms with Crippen molar-refractivity contribution in [3.63, 3.8) is 0 Å². The number of nitrogens with one attached hydrogen (secondary N) is 1. The lowest BCUT2D eigenvalue weighted by molar-refractivity contribution is 0.301. The van der Waals surface area contributed by atoms with Crippen molar-refractivity contribution in [3.8, 4) is 17.2 Å². The van der Waals surface area contributed by atoms with E-state index >= 15 is 0 Å². The maximum absolute atomic E-state index is 14.3. The fourth-order valence-electron chi connectivity index (χ4n) is 2.13. The number of methoxy groups -OCH3 is 1. The average molecular weight is 369 g/mol. The molecule has 0 heterocycles. The van der Waals surface area contributed by atoms with Gasteiger partial charge in [0.25, 0.3) is 0 Å². The molecule has 6 nitrogen and oxygen atoms in total. The third-order valence-corrected chi connectivity index (χ3v) is 4.93. The normalized spacial score (nSPS) is 11.4. The van der Waals surface area contributed by atoms with Gasteiger partial charge in [-0.05, 0) is 42.3 Å². The second-order valence-electron chi connectivity index (χ2n) is 5.15. The van der Waals surface area contributed by atoms with Crippen molar-refractivity contribution in [2.75, 3.05) is 20.3 Å². The minimum Gasteiger partial charge on any atom is -0.493 e. The number of aliphatic hydroxyl groups is 1. The summed E-state index contributed by atoms with van der Waals surface area (Å²) in [7, 11) is -2.40. The summed E-state index contributed by atoms with van der Waals surface area (Å²) >= 11 is 0. The first-order valence-electron chi connectivity index (χ1n) is 7.66. The van der Waals surface area contributed by atoms with Gasteiger partial charge in [0, 0.05) is 6.54 Å². The van der Waals surface area contributed by atoms with Gasteiger partial charge in [-0.2, -0.15) is 0 Å². The van der Waals surface area contributed by atoms with Gasteiger partial charge in [-0.1, -0.05) is 13.0 Å². The zero-order valence-corrected chi connectivity index (χ0v) is 14.8. The van der Waals surface area contributed by atoms with Crippen molar-refractivity contribution < 1.29 is 27.4 Å². The molecular weight excluding hydrogens is 349 g/mol. The topological polar surface area (TPSA) is 84.9 Å². The van der Waals surface area contributed by atoms with Gasteiger partial charge in [-0.3, -0.25) is 0 Å². The third-order valence-electron chi connectivity index (χ3n) is 3.47. The predicted octanol–water partition coefficient (Wildman–Crippen LogP) is 2.46. The Labute approximate surface area is 146 Å². The Morgan fingerprint density at radius 1 is 1.12 bits per heavy atom. The third kappa shape index (κ3) is 4.68. The zero-order valence-electron chi connectivity index (χ0n) is 14.0. The average Bonchev–Trinajstić information content (AvgIpc) is 2.61. The van der Waals surface area contributed by atoms with E-state index in [1.807, 2.05) is 13.0 Å². The minimum absolute atomic E-state index is 0.122. The van der Waals surface area contributed by atoms with Crippen LogP contribution in [0.3, 0.4) is 0 Å². The van der Waals surface area contributed by atoms with Gasteiger partial charge in [0.15, 0.2) is 23.1 Å². The van der Waals surface area contributed by atoms with E-state index < -0.39 is 15.8 Å². The Morgan fingerprint density at radius 3 is 2.44 bits per heavy atom. The Balaban J connectivity index is 2.28. The molecule has 136 valence electrons. The highest BCUT2D eigenvalue weighted by Crippen LogP contribution is 2.34. The molecule has 0 fully saturated rings. The lowest BCUT2D eigenvalue weighted by atomic mass is 10.1. The molecule has 2 aromatic rings. The largest absolute Gasteiger partial charge is 0.493 e. The van der Waals surface area contributed by atoms with E-state index in [0.29, 0.717) is 11.5 Å². The Hall–Kier alpha value is -2.16. The molecule has 25 heavy (non-hydrogen) atoms. The Bertz CT molecular complexity index is 839. The van der Waals surface area contributed by atoms with Crippen LogP contribution in [0.2, 0.25) is 0 Å². The molecule has 0 unspecified atom stereocenters. The summed E-state index contributed by atoms with van der Waals surface area (Å²) in [5.74, 6) is -0.162. The van der Waals surface area contributed by atoms with Crippen molar-refractivity contribution in [3.05, 3.63) is 47.8 Å². The molecule has 0 aliphatic rings. The second-order valence-corrected chi connectivity index (χ2v) is 6.92. The van der Waals surface area contributed by atoms with Crippen LogP contribution in [0.5, 0.6) is 17.2 Å². The van der Waals surface area contributed by atoms with Gasteiger partial charge < -0.3 is 14.6 Å². The van der Waals surface area contributed by atoms with Gasteiger partial charge in [0.2, 0.25) is 10.0 Å². The molecule has 0 saturated heterocycles. The summed E-state index contributed by atoms with van der Waals surface area (Å²) in [4.78, 5) is -0.251. The monoisotopic (exact) mass is 369 g/mol. The highest BCUT2D eigenvalue weighted by Gasteiger charge is 2.17. The van der Waals surface area contributed by atoms with Crippen LogP contribution < -0.4 is 14.2 Å². The first-order chi connectivity index (χ1) is 11.9. The fraction of sp³-hybridized carbons (Fsp3) is 0.294. The summed E-state index contributed by atoms with van der Waals surface area (Å²) in [6.07, 6.45) is 0.818. The summed E-state index contributed by atoms with van der Waals surface area (Å²) in [5.41, 5.74) is 1.04. The number of aryl methyl sites for hydroxylation is 1. The van der Waals surface area contributed by atoms with E-state index in [9.17, 15) is 12.8 Å². The van der Waals surface area contributed by atoms with E-state index in [0.717, 1.165) is 18.1 Å². The van der Waals surface area contributed by atoms with Gasteiger partial charge >= 0.3 is 0 Å². The minimum atomic E-state index is -3.89. The van der Waals surface area contributed by atoms with E-state index in [1.54, 1.807) is 12.1 Å². The highest BCUT2D eigenvalue weighted by molar-refractivity contribution is 7.89. The molecule has 2 N–H and O–H groups in total. The molecule has 0 saturated carbocycles. The molecule has 2 rings (SSSR count). The van der Waals surface area contributed by atoms with Crippen LogP contribution in [0.15, 0.2) is 41.3 Å². The van der Waals surface area contributed by atoms with Crippen LogP contribution >= 0.6 is 0 Å². The maximum atomic E-state index is 14.3. The molecule has 0 aliphatic heterocycles. The Morgan fingerprint density at radius 2 is 1.84 bits per heavy atom. The van der Waals surface area contributed by atoms with Gasteiger partial charge in [-0.15, -0.1) is 0 Å². The molecule has 0 radical (unpaired) electrons. The van der Waals surface area contributed by atoms with Crippen LogP contribution in [0.4, 0.5) is 4.39 Å². The number of sulfonamides is 1. The number of rotatable bonds is 8. The predicted molar refractivity (Wildman–Crippen MR) is 91.1 cm³/mol. The molecule has 0 amide bonds. The summed E-state index contributed by atoms with van der Waals surface area (Å²) in [6, 6.07) is 8.63. The second kappa shape index (κ2) is 8.28. The number of halogens is 1. The number of aliphatic hydroxyl groups excluding tert-OH is 1. The lowest BCUT2D eigenvalue weighted by Crippen LogP contribution is -2.26. The fourth-order valence-corrected chi connectivity index (χ4v) is 3.16. The first-order valence-corrected chi connectivity index (χ1v) is 9.14. The van der Waals surface area contributed by atoms with Crippen LogP contribution in [-0.4, -0.2) is 33.8 Å². The highest BCUT2D eigenvalue weighted by atomic mass is 32.2. The number of hydrogen-bond acceptors (Lipinski definition) is 5. The lowest BCUT2D eigenvalue weighted by Gasteiger charge is -2.13. The molecule has 0 aliphatic carbocycles. The van der Waals surface area contributed by atoms with E-state index in [1.165, 1.54) is 19.2 Å². The SMILES string of the molecule is CCc1ccc(Oc2ccc(S(=O)(=O)NCCO)cc2F)c(OC)c1. The maximum Gasteiger partial charge on any atom is 0.240 e. The van der Waals surface area contributed by atoms with E-state index in [4.69, 9.17) is 14.6 Å². The van der Waals surface area contributed by atoms with Crippen LogP contribution in [-0.2, 0) is 16.4 Å². The summed E-state index contributed by atoms with van der Waals surface area (Å²) in [5, 5.41) is 8.69. The van der Waals surface area contributed by atoms with Gasteiger partial charge in [0.05, 0.1) is 18.6 Å². The molecular formula is C17H20FNO5S. The molecule has 0 bridgehead atoms. The van der Waals surface area contributed by atoms with Crippen molar-refractivity contribution in [1.29, 1.82) is 0 Å². The number of ether oxygens (including phenoxy) is 2. The number of hydrogen-bond donors (Lipinski definition) is 2. The van der Waals surface area contributed by atoms with E-state index in [2.05, 4.69) is 4.72 Å². The molecule has 0 aromatic heterocycles. The first kappa shape index (κ1) is 19.2. The van der Waals surface area contributed by atoms with Crippen molar-refractivity contribution >= 4 is 10.0 Å². The summed E-state index contributed by atoms with van der Waals surface area (Å²) in [6.45, 7) is 1.50. The van der Waals surface area contributed by atoms with Gasteiger partial charge in [0.1, 0.15) is 0 Å². The molecule has 0 atom stereocenters. The van der Waals surface area contributed by atoms with Crippen molar-refractivity contribution in [2.24, 2.45) is 0 Å². The van der Waals surface area contributed by atoms with Crippen LogP contribution in [0.1, 0.15) is 12.5 Å². The molecule has 2 aromatic carbocycles. The molecule has 8 heteroatoms. The quantitative estimate of drug-likeness (QED) is 0.747.